The van der Waals surface area contributed by atoms with Crippen molar-refractivity contribution in [3.05, 3.63) is 81.3 Å². The summed E-state index contributed by atoms with van der Waals surface area (Å²) in [6, 6.07) is 17.8. The minimum Gasteiger partial charge on any atom is -0.373 e. The molecule has 1 aliphatic carbocycles. The first-order valence-corrected chi connectivity index (χ1v) is 9.89. The van der Waals surface area contributed by atoms with Gasteiger partial charge in [0.1, 0.15) is 0 Å². The molecule has 0 spiro atoms. The molecule has 3 aromatic rings. The number of hydrogen-bond donors (Lipinski definition) is 1. The Bertz CT molecular complexity index is 1130. The summed E-state index contributed by atoms with van der Waals surface area (Å²) < 4.78 is 0. The van der Waals surface area contributed by atoms with Crippen LogP contribution in [0.25, 0.3) is 16.3 Å². The maximum absolute atomic E-state index is 13.0. The number of carbonyl (C=O) groups is 1. The van der Waals surface area contributed by atoms with Crippen LogP contribution in [0.5, 0.6) is 0 Å². The molecule has 1 heterocycles. The highest BCUT2D eigenvalue weighted by Crippen LogP contribution is 2.48. The van der Waals surface area contributed by atoms with Gasteiger partial charge in [-0.1, -0.05) is 59.6 Å². The van der Waals surface area contributed by atoms with Crippen molar-refractivity contribution in [2.75, 3.05) is 5.32 Å². The first-order chi connectivity index (χ1) is 13.1. The summed E-state index contributed by atoms with van der Waals surface area (Å²) >= 11 is 12.6. The van der Waals surface area contributed by atoms with Gasteiger partial charge in [0, 0.05) is 33.3 Å². The number of benzene rings is 3. The van der Waals surface area contributed by atoms with Gasteiger partial charge in [-0.25, -0.2) is 0 Å². The number of fused-ring (bicyclic) bond motifs is 4. The van der Waals surface area contributed by atoms with Crippen molar-refractivity contribution in [1.82, 2.24) is 0 Å². The molecule has 0 bridgehead atoms. The average molecular weight is 394 g/mol. The van der Waals surface area contributed by atoms with Gasteiger partial charge in [-0.2, -0.15) is 0 Å². The number of Topliss-reactive ketones (excluding diaryl/α,β-unsaturated/α-hetero) is 1. The van der Waals surface area contributed by atoms with E-state index in [2.05, 4.69) is 35.6 Å². The Kier molecular flexibility index (Phi) is 3.99. The molecule has 134 valence electrons. The number of nitrogens with one attached hydrogen (secondary N) is 1. The Balaban J connectivity index is 1.79. The number of hydrogen-bond acceptors (Lipinski definition) is 2. The Hall–Kier alpha value is -2.29. The van der Waals surface area contributed by atoms with E-state index in [4.69, 9.17) is 23.2 Å². The molecule has 1 N–H and O–H groups in total. The van der Waals surface area contributed by atoms with Crippen molar-refractivity contribution in [3.63, 3.8) is 0 Å². The predicted molar refractivity (Wildman–Crippen MR) is 113 cm³/mol. The molecule has 1 atom stereocenters. The molecule has 4 heteroatoms. The highest BCUT2D eigenvalue weighted by Gasteiger charge is 2.35. The summed E-state index contributed by atoms with van der Waals surface area (Å²) in [6.45, 7) is 0. The second-order valence-corrected chi connectivity index (χ2v) is 7.97. The smallest absolute Gasteiger partial charge is 0.161 e. The number of anilines is 1. The van der Waals surface area contributed by atoms with Gasteiger partial charge in [-0.05, 0) is 52.9 Å². The van der Waals surface area contributed by atoms with Crippen LogP contribution in [0, 0.1) is 0 Å². The minimum absolute atomic E-state index is 0.207. The first kappa shape index (κ1) is 16.9. The fourth-order valence-corrected chi connectivity index (χ4v) is 4.89. The first-order valence-electron chi connectivity index (χ1n) is 9.13. The molecule has 0 saturated heterocycles. The van der Waals surface area contributed by atoms with Crippen LogP contribution in [-0.4, -0.2) is 5.78 Å². The monoisotopic (exact) mass is 393 g/mol. The molecule has 0 unspecified atom stereocenters. The normalized spacial score (nSPS) is 18.9. The average Bonchev–Trinajstić information content (AvgIpc) is 2.67. The fraction of sp³-hybridized carbons (Fsp3) is 0.174. The van der Waals surface area contributed by atoms with Crippen LogP contribution < -0.4 is 5.32 Å². The van der Waals surface area contributed by atoms with E-state index in [-0.39, 0.29) is 11.8 Å². The summed E-state index contributed by atoms with van der Waals surface area (Å²) in [5.74, 6) is 0.207. The van der Waals surface area contributed by atoms with Crippen LogP contribution in [0.1, 0.15) is 36.4 Å². The highest BCUT2D eigenvalue weighted by molar-refractivity contribution is 6.35. The van der Waals surface area contributed by atoms with Crippen molar-refractivity contribution in [2.24, 2.45) is 0 Å². The molecule has 0 saturated carbocycles. The molecule has 5 rings (SSSR count). The molecule has 27 heavy (non-hydrogen) atoms. The molecule has 2 aliphatic rings. The van der Waals surface area contributed by atoms with Gasteiger partial charge in [0.2, 0.25) is 0 Å². The highest BCUT2D eigenvalue weighted by atomic mass is 35.5. The van der Waals surface area contributed by atoms with Crippen LogP contribution in [0.4, 0.5) is 5.69 Å². The molecule has 0 fully saturated rings. The zero-order valence-electron chi connectivity index (χ0n) is 14.6. The number of halogens is 2. The topological polar surface area (TPSA) is 29.1 Å². The summed E-state index contributed by atoms with van der Waals surface area (Å²) in [6.07, 6.45) is 2.38. The van der Waals surface area contributed by atoms with Crippen LogP contribution in [0.15, 0.2) is 60.2 Å². The Labute approximate surface area is 167 Å². The number of allylic oxidation sites excluding steroid dienone is 1. The van der Waals surface area contributed by atoms with E-state index < -0.39 is 0 Å². The Morgan fingerprint density at radius 3 is 2.67 bits per heavy atom. The molecule has 2 nitrogen and oxygen atoms in total. The second-order valence-electron chi connectivity index (χ2n) is 7.12. The van der Waals surface area contributed by atoms with Crippen LogP contribution in [0.3, 0.4) is 0 Å². The SMILES string of the molecule is O=C1CCCC2=C1[C@H](c1ccc(Cl)cc1Cl)Nc1ccc3ccccc3c12. The van der Waals surface area contributed by atoms with Gasteiger partial charge in [0.25, 0.3) is 0 Å². The van der Waals surface area contributed by atoms with Gasteiger partial charge in [-0.3, -0.25) is 4.79 Å². The van der Waals surface area contributed by atoms with Crippen LogP contribution in [0.2, 0.25) is 10.0 Å². The van der Waals surface area contributed by atoms with Crippen LogP contribution >= 0.6 is 23.2 Å². The minimum atomic E-state index is -0.244. The largest absolute Gasteiger partial charge is 0.373 e. The third-order valence-electron chi connectivity index (χ3n) is 5.55. The Morgan fingerprint density at radius 1 is 0.963 bits per heavy atom. The summed E-state index contributed by atoms with van der Waals surface area (Å²) in [5, 5.41) is 7.13. The third-order valence-corrected chi connectivity index (χ3v) is 6.11. The number of carbonyl (C=O) groups excluding carboxylic acids is 1. The predicted octanol–water partition coefficient (Wildman–Crippen LogP) is 6.82. The van der Waals surface area contributed by atoms with Crippen molar-refractivity contribution in [3.8, 4) is 0 Å². The molecule has 3 aromatic carbocycles. The molecular weight excluding hydrogens is 377 g/mol. The fourth-order valence-electron chi connectivity index (χ4n) is 4.37. The summed E-state index contributed by atoms with van der Waals surface area (Å²) in [7, 11) is 0. The molecule has 0 amide bonds. The van der Waals surface area contributed by atoms with E-state index in [9.17, 15) is 4.79 Å². The molecule has 1 aliphatic heterocycles. The maximum Gasteiger partial charge on any atom is 0.161 e. The summed E-state index contributed by atoms with van der Waals surface area (Å²) in [5.41, 5.74) is 5.13. The van der Waals surface area contributed by atoms with Crippen LogP contribution in [-0.2, 0) is 4.79 Å². The standard InChI is InChI=1S/C23H17Cl2NO/c24-14-9-10-16(18(25)12-14)23-22-17(6-3-7-20(22)27)21-15-5-2-1-4-13(15)8-11-19(21)26-23/h1-2,4-5,8-12,23,26H,3,6-7H2/t23-/m0/s1. The lowest BCUT2D eigenvalue weighted by molar-refractivity contribution is -0.116. The van der Waals surface area contributed by atoms with Gasteiger partial charge in [-0.15, -0.1) is 0 Å². The lowest BCUT2D eigenvalue weighted by Crippen LogP contribution is -2.27. The van der Waals surface area contributed by atoms with Crippen molar-refractivity contribution in [2.45, 2.75) is 25.3 Å². The molecule has 0 radical (unpaired) electrons. The molecule has 0 aromatic heterocycles. The van der Waals surface area contributed by atoms with E-state index in [1.54, 1.807) is 6.07 Å². The van der Waals surface area contributed by atoms with E-state index in [1.165, 1.54) is 10.8 Å². The van der Waals surface area contributed by atoms with Crippen molar-refractivity contribution < 1.29 is 4.79 Å². The van der Waals surface area contributed by atoms with E-state index in [0.29, 0.717) is 16.5 Å². The second kappa shape index (κ2) is 6.40. The quantitative estimate of drug-likeness (QED) is 0.491. The number of rotatable bonds is 1. The summed E-state index contributed by atoms with van der Waals surface area (Å²) in [4.78, 5) is 13.0. The van der Waals surface area contributed by atoms with Crippen molar-refractivity contribution in [1.29, 1.82) is 0 Å². The van der Waals surface area contributed by atoms with Gasteiger partial charge >= 0.3 is 0 Å². The van der Waals surface area contributed by atoms with Gasteiger partial charge < -0.3 is 5.32 Å². The zero-order chi connectivity index (χ0) is 18.5. The van der Waals surface area contributed by atoms with E-state index in [1.807, 2.05) is 18.2 Å². The number of ketones is 1. The van der Waals surface area contributed by atoms with Crippen molar-refractivity contribution >= 4 is 51.0 Å². The lowest BCUT2D eigenvalue weighted by Gasteiger charge is -2.35. The lowest BCUT2D eigenvalue weighted by atomic mass is 9.77. The van der Waals surface area contributed by atoms with E-state index >= 15 is 0 Å². The molecular formula is C23H17Cl2NO. The third kappa shape index (κ3) is 2.67. The maximum atomic E-state index is 13.0. The van der Waals surface area contributed by atoms with Gasteiger partial charge in [0.05, 0.1) is 6.04 Å². The van der Waals surface area contributed by atoms with E-state index in [0.717, 1.165) is 40.8 Å². The zero-order valence-corrected chi connectivity index (χ0v) is 16.1. The van der Waals surface area contributed by atoms with Gasteiger partial charge in [0.15, 0.2) is 5.78 Å². The Morgan fingerprint density at radius 2 is 1.81 bits per heavy atom.